The standard InChI is InChI=1S/C19H22N2O3/c1-13(2)24-18-11-7-16(8-12-18)19(22)21-20-14(3)15-5-9-17(23-4)10-6-15/h5-13H,1-4H3,(H,21,22)/b20-14-. The number of hydrogen-bond donors (Lipinski definition) is 1. The van der Waals surface area contributed by atoms with Crippen LogP contribution in [-0.4, -0.2) is 24.8 Å². The second kappa shape index (κ2) is 8.15. The third-order valence-electron chi connectivity index (χ3n) is 3.32. The van der Waals surface area contributed by atoms with Gasteiger partial charge in [0, 0.05) is 5.56 Å². The fourth-order valence-electron chi connectivity index (χ4n) is 2.05. The van der Waals surface area contributed by atoms with E-state index in [-0.39, 0.29) is 12.0 Å². The van der Waals surface area contributed by atoms with E-state index in [0.29, 0.717) is 11.3 Å². The molecule has 0 unspecified atom stereocenters. The summed E-state index contributed by atoms with van der Waals surface area (Å²) in [5, 5.41) is 4.14. The number of methoxy groups -OCH3 is 1. The van der Waals surface area contributed by atoms with Crippen molar-refractivity contribution in [2.75, 3.05) is 7.11 Å². The maximum atomic E-state index is 12.1. The predicted octanol–water partition coefficient (Wildman–Crippen LogP) is 3.64. The molecule has 2 aromatic carbocycles. The van der Waals surface area contributed by atoms with E-state index in [1.54, 1.807) is 31.4 Å². The summed E-state index contributed by atoms with van der Waals surface area (Å²) in [6.45, 7) is 5.75. The van der Waals surface area contributed by atoms with Gasteiger partial charge < -0.3 is 9.47 Å². The van der Waals surface area contributed by atoms with E-state index >= 15 is 0 Å². The second-order valence-corrected chi connectivity index (χ2v) is 5.56. The van der Waals surface area contributed by atoms with Gasteiger partial charge in [-0.25, -0.2) is 5.43 Å². The minimum atomic E-state index is -0.265. The van der Waals surface area contributed by atoms with Gasteiger partial charge in [0.25, 0.3) is 5.91 Å². The van der Waals surface area contributed by atoms with Crippen molar-refractivity contribution >= 4 is 11.6 Å². The number of hydrazone groups is 1. The molecule has 0 atom stereocenters. The summed E-state index contributed by atoms with van der Waals surface area (Å²) < 4.78 is 10.7. The normalized spacial score (nSPS) is 11.3. The molecular formula is C19H22N2O3. The first-order valence-corrected chi connectivity index (χ1v) is 7.75. The lowest BCUT2D eigenvalue weighted by molar-refractivity contribution is 0.0955. The molecule has 2 aromatic rings. The van der Waals surface area contributed by atoms with Crippen LogP contribution in [0.1, 0.15) is 36.7 Å². The fraction of sp³-hybridized carbons (Fsp3) is 0.263. The zero-order chi connectivity index (χ0) is 17.5. The van der Waals surface area contributed by atoms with Crippen LogP contribution in [0.4, 0.5) is 0 Å². The van der Waals surface area contributed by atoms with Gasteiger partial charge in [-0.1, -0.05) is 0 Å². The lowest BCUT2D eigenvalue weighted by Crippen LogP contribution is -2.19. The number of hydrogen-bond acceptors (Lipinski definition) is 4. The summed E-state index contributed by atoms with van der Waals surface area (Å²) in [5.74, 6) is 1.25. The summed E-state index contributed by atoms with van der Waals surface area (Å²) in [4.78, 5) is 12.1. The van der Waals surface area contributed by atoms with Crippen LogP contribution in [0.15, 0.2) is 53.6 Å². The maximum Gasteiger partial charge on any atom is 0.271 e. The number of nitrogens with one attached hydrogen (secondary N) is 1. The maximum absolute atomic E-state index is 12.1. The van der Waals surface area contributed by atoms with E-state index in [1.807, 2.05) is 45.0 Å². The van der Waals surface area contributed by atoms with Crippen LogP contribution < -0.4 is 14.9 Å². The Hall–Kier alpha value is -2.82. The Kier molecular flexibility index (Phi) is 5.95. The third-order valence-corrected chi connectivity index (χ3v) is 3.32. The van der Waals surface area contributed by atoms with Crippen LogP contribution in [0.2, 0.25) is 0 Å². The van der Waals surface area contributed by atoms with Crippen LogP contribution in [0.25, 0.3) is 0 Å². The van der Waals surface area contributed by atoms with E-state index in [4.69, 9.17) is 9.47 Å². The summed E-state index contributed by atoms with van der Waals surface area (Å²) in [6.07, 6.45) is 0.0985. The first-order valence-electron chi connectivity index (χ1n) is 7.75. The van der Waals surface area contributed by atoms with Gasteiger partial charge in [0.1, 0.15) is 11.5 Å². The molecule has 1 amide bonds. The Bertz CT molecular complexity index is 704. The summed E-state index contributed by atoms with van der Waals surface area (Å²) in [6, 6.07) is 14.5. The molecule has 0 aromatic heterocycles. The van der Waals surface area contributed by atoms with Crippen molar-refractivity contribution in [2.24, 2.45) is 5.10 Å². The van der Waals surface area contributed by atoms with Gasteiger partial charge in [0.2, 0.25) is 0 Å². The topological polar surface area (TPSA) is 59.9 Å². The van der Waals surface area contributed by atoms with E-state index in [0.717, 1.165) is 17.1 Å². The van der Waals surface area contributed by atoms with Gasteiger partial charge in [-0.3, -0.25) is 4.79 Å². The van der Waals surface area contributed by atoms with Gasteiger partial charge in [-0.2, -0.15) is 5.10 Å². The zero-order valence-corrected chi connectivity index (χ0v) is 14.4. The molecule has 5 nitrogen and oxygen atoms in total. The molecule has 0 radical (unpaired) electrons. The number of nitrogens with zero attached hydrogens (tertiary/aromatic N) is 1. The lowest BCUT2D eigenvalue weighted by atomic mass is 10.1. The molecule has 0 saturated heterocycles. The SMILES string of the molecule is COc1ccc(/C(C)=N\NC(=O)c2ccc(OC(C)C)cc2)cc1. The second-order valence-electron chi connectivity index (χ2n) is 5.56. The number of carbonyl (C=O) groups is 1. The highest BCUT2D eigenvalue weighted by Gasteiger charge is 2.06. The summed E-state index contributed by atoms with van der Waals surface area (Å²) >= 11 is 0. The molecule has 0 spiro atoms. The van der Waals surface area contributed by atoms with Crippen LogP contribution in [0, 0.1) is 0 Å². The van der Waals surface area contributed by atoms with Gasteiger partial charge in [-0.15, -0.1) is 0 Å². The molecule has 0 fully saturated rings. The molecule has 0 aliphatic rings. The quantitative estimate of drug-likeness (QED) is 0.651. The average molecular weight is 326 g/mol. The van der Waals surface area contributed by atoms with E-state index < -0.39 is 0 Å². The number of carbonyl (C=O) groups excluding carboxylic acids is 1. The summed E-state index contributed by atoms with van der Waals surface area (Å²) in [5.41, 5.74) is 4.72. The highest BCUT2D eigenvalue weighted by Crippen LogP contribution is 2.14. The van der Waals surface area contributed by atoms with Crippen molar-refractivity contribution in [1.82, 2.24) is 5.43 Å². The molecule has 1 N–H and O–H groups in total. The molecule has 2 rings (SSSR count). The molecule has 0 heterocycles. The minimum Gasteiger partial charge on any atom is -0.497 e. The van der Waals surface area contributed by atoms with E-state index in [1.165, 1.54) is 0 Å². The minimum absolute atomic E-state index is 0.0985. The molecule has 0 saturated carbocycles. The molecule has 24 heavy (non-hydrogen) atoms. The van der Waals surface area contributed by atoms with Crippen molar-refractivity contribution in [3.63, 3.8) is 0 Å². The van der Waals surface area contributed by atoms with Gasteiger partial charge in [0.15, 0.2) is 0 Å². The third kappa shape index (κ3) is 4.84. The Morgan fingerprint density at radius 1 is 0.958 bits per heavy atom. The van der Waals surface area contributed by atoms with Crippen molar-refractivity contribution in [3.8, 4) is 11.5 Å². The first-order chi connectivity index (χ1) is 11.5. The van der Waals surface area contributed by atoms with Crippen molar-refractivity contribution < 1.29 is 14.3 Å². The Morgan fingerprint density at radius 2 is 1.50 bits per heavy atom. The average Bonchev–Trinajstić information content (AvgIpc) is 2.59. The van der Waals surface area contributed by atoms with Gasteiger partial charge in [-0.05, 0) is 74.9 Å². The smallest absolute Gasteiger partial charge is 0.271 e. The predicted molar refractivity (Wildman–Crippen MR) is 94.9 cm³/mol. The number of amides is 1. The molecule has 0 aliphatic heterocycles. The molecule has 5 heteroatoms. The van der Waals surface area contributed by atoms with Crippen LogP contribution in [-0.2, 0) is 0 Å². The van der Waals surface area contributed by atoms with Crippen molar-refractivity contribution in [3.05, 3.63) is 59.7 Å². The van der Waals surface area contributed by atoms with Gasteiger partial charge >= 0.3 is 0 Å². The van der Waals surface area contributed by atoms with Crippen LogP contribution in [0.3, 0.4) is 0 Å². The Morgan fingerprint density at radius 3 is 2.04 bits per heavy atom. The number of benzene rings is 2. The Labute approximate surface area is 142 Å². The van der Waals surface area contributed by atoms with Crippen LogP contribution >= 0.6 is 0 Å². The highest BCUT2D eigenvalue weighted by atomic mass is 16.5. The zero-order valence-electron chi connectivity index (χ0n) is 14.4. The monoisotopic (exact) mass is 326 g/mol. The number of rotatable bonds is 6. The Balaban J connectivity index is 2.00. The van der Waals surface area contributed by atoms with Crippen molar-refractivity contribution in [2.45, 2.75) is 26.9 Å². The lowest BCUT2D eigenvalue weighted by Gasteiger charge is -2.09. The highest BCUT2D eigenvalue weighted by molar-refractivity contribution is 6.00. The molecular weight excluding hydrogens is 304 g/mol. The molecule has 126 valence electrons. The van der Waals surface area contributed by atoms with E-state index in [2.05, 4.69) is 10.5 Å². The first kappa shape index (κ1) is 17.5. The molecule has 0 bridgehead atoms. The van der Waals surface area contributed by atoms with E-state index in [9.17, 15) is 4.79 Å². The fourth-order valence-corrected chi connectivity index (χ4v) is 2.05. The number of ether oxygens (including phenoxy) is 2. The van der Waals surface area contributed by atoms with Crippen molar-refractivity contribution in [1.29, 1.82) is 0 Å². The summed E-state index contributed by atoms with van der Waals surface area (Å²) in [7, 11) is 1.62. The van der Waals surface area contributed by atoms with Gasteiger partial charge in [0.05, 0.1) is 18.9 Å². The molecule has 0 aliphatic carbocycles. The van der Waals surface area contributed by atoms with Crippen LogP contribution in [0.5, 0.6) is 11.5 Å². The largest absolute Gasteiger partial charge is 0.497 e.